The lowest BCUT2D eigenvalue weighted by Crippen LogP contribution is -2.29. The zero-order valence-electron chi connectivity index (χ0n) is 19.1. The molecule has 1 aromatic heterocycles. The maximum absolute atomic E-state index is 13.8. The average molecular weight is 512 g/mol. The first-order chi connectivity index (χ1) is 16.4. The summed E-state index contributed by atoms with van der Waals surface area (Å²) in [5.41, 5.74) is 4.33. The summed E-state index contributed by atoms with van der Waals surface area (Å²) in [6.45, 7) is 3.93. The van der Waals surface area contributed by atoms with Gasteiger partial charge < -0.3 is 5.32 Å². The molecule has 0 bridgehead atoms. The van der Waals surface area contributed by atoms with E-state index in [1.165, 1.54) is 18.2 Å². The minimum atomic E-state index is -0.170. The summed E-state index contributed by atoms with van der Waals surface area (Å²) < 4.78 is 1.70. The minimum Gasteiger partial charge on any atom is -0.325 e. The highest BCUT2D eigenvalue weighted by Crippen LogP contribution is 2.50. The fraction of sp³-hybridized carbons (Fsp3) is 0.346. The third-order valence-corrected chi connectivity index (χ3v) is 9.18. The summed E-state index contributed by atoms with van der Waals surface area (Å²) in [6.07, 6.45) is 4.53. The number of benzene rings is 2. The third-order valence-electron chi connectivity index (χ3n) is 6.44. The molecule has 5 nitrogen and oxygen atoms in total. The van der Waals surface area contributed by atoms with E-state index in [2.05, 4.69) is 5.32 Å². The van der Waals surface area contributed by atoms with E-state index in [0.29, 0.717) is 21.1 Å². The molecule has 1 saturated carbocycles. The molecule has 0 saturated heterocycles. The second-order valence-corrected chi connectivity index (χ2v) is 11.5. The first kappa shape index (κ1) is 23.5. The molecule has 0 radical (unpaired) electrons. The van der Waals surface area contributed by atoms with E-state index in [-0.39, 0.29) is 23.1 Å². The average Bonchev–Trinajstić information content (AvgIpc) is 3.19. The van der Waals surface area contributed by atoms with Crippen molar-refractivity contribution in [1.82, 2.24) is 9.55 Å². The maximum atomic E-state index is 13.8. The first-order valence-corrected chi connectivity index (χ1v) is 13.7. The van der Waals surface area contributed by atoms with Crippen LogP contribution in [0.1, 0.15) is 48.3 Å². The first-order valence-electron chi connectivity index (χ1n) is 11.5. The summed E-state index contributed by atoms with van der Waals surface area (Å²) in [4.78, 5) is 31.5. The smallest absolute Gasteiger partial charge is 0.263 e. The molecule has 1 amide bonds. The largest absolute Gasteiger partial charge is 0.325 e. The van der Waals surface area contributed by atoms with Crippen molar-refractivity contribution in [3.63, 3.8) is 0 Å². The van der Waals surface area contributed by atoms with Gasteiger partial charge in [-0.15, -0.1) is 11.8 Å². The molecule has 0 spiro atoms. The molecule has 2 atom stereocenters. The highest BCUT2D eigenvalue weighted by atomic mass is 35.5. The summed E-state index contributed by atoms with van der Waals surface area (Å²) >= 11 is 9.22. The number of aryl methyl sites for hydroxylation is 2. The van der Waals surface area contributed by atoms with Crippen LogP contribution in [0.3, 0.4) is 0 Å². The lowest BCUT2D eigenvalue weighted by Gasteiger charge is -2.24. The molecule has 5 rings (SSSR count). The van der Waals surface area contributed by atoms with Gasteiger partial charge in [0.15, 0.2) is 5.16 Å². The summed E-state index contributed by atoms with van der Waals surface area (Å²) in [5.74, 6) is 0.246. The number of nitrogens with zero attached hydrogens (tertiary/aromatic N) is 2. The van der Waals surface area contributed by atoms with E-state index in [9.17, 15) is 9.59 Å². The Labute approximate surface area is 212 Å². The van der Waals surface area contributed by atoms with Gasteiger partial charge in [0.05, 0.1) is 17.0 Å². The van der Waals surface area contributed by atoms with Gasteiger partial charge in [0, 0.05) is 21.9 Å². The van der Waals surface area contributed by atoms with Crippen LogP contribution < -0.4 is 10.9 Å². The number of aromatic nitrogens is 2. The summed E-state index contributed by atoms with van der Waals surface area (Å²) in [6, 6.07) is 13.3. The number of amides is 1. The van der Waals surface area contributed by atoms with E-state index in [1.54, 1.807) is 22.4 Å². The number of fused-ring (bicyclic) bond motifs is 3. The quantitative estimate of drug-likeness (QED) is 0.245. The minimum absolute atomic E-state index is 0.00530. The standard InChI is InChI=1S/C26H26ClN3O2S2/c1-15-6-5-7-18(12-15)30-25(32)23-19-8-3-4-9-21(19)34-24(23)29-26(30)33-14-22(31)28-17-11-10-16(2)20(27)13-17/h5-7,10-13,19,21H,3-4,8-9,14H2,1-2H3,(H,28,31)/t19-,21+/m1/s1. The van der Waals surface area contributed by atoms with Crippen molar-refractivity contribution in [3.05, 3.63) is 74.5 Å². The van der Waals surface area contributed by atoms with Gasteiger partial charge in [-0.3, -0.25) is 14.2 Å². The maximum Gasteiger partial charge on any atom is 0.263 e. The highest BCUT2D eigenvalue weighted by Gasteiger charge is 2.39. The van der Waals surface area contributed by atoms with Gasteiger partial charge in [-0.2, -0.15) is 0 Å². The van der Waals surface area contributed by atoms with Crippen LogP contribution in [0.4, 0.5) is 5.69 Å². The van der Waals surface area contributed by atoms with E-state index in [4.69, 9.17) is 16.6 Å². The van der Waals surface area contributed by atoms with Gasteiger partial charge in [-0.05, 0) is 62.1 Å². The Balaban J connectivity index is 1.46. The second kappa shape index (κ2) is 9.80. The number of nitrogens with one attached hydrogen (secondary N) is 1. The van der Waals surface area contributed by atoms with E-state index < -0.39 is 0 Å². The summed E-state index contributed by atoms with van der Waals surface area (Å²) in [5, 5.41) is 5.33. The second-order valence-electron chi connectivity index (χ2n) is 8.94. The van der Waals surface area contributed by atoms with Gasteiger partial charge in [-0.1, -0.05) is 54.4 Å². The Hall–Kier alpha value is -2.22. The lowest BCUT2D eigenvalue weighted by molar-refractivity contribution is -0.113. The Morgan fingerprint density at radius 1 is 1.21 bits per heavy atom. The number of carbonyl (C=O) groups excluding carboxylic acids is 1. The number of anilines is 1. The Morgan fingerprint density at radius 2 is 2.03 bits per heavy atom. The lowest BCUT2D eigenvalue weighted by atomic mass is 9.85. The predicted octanol–water partition coefficient (Wildman–Crippen LogP) is 6.37. The number of hydrogen-bond acceptors (Lipinski definition) is 5. The van der Waals surface area contributed by atoms with Crippen LogP contribution in [0.5, 0.6) is 0 Å². The van der Waals surface area contributed by atoms with Crippen molar-refractivity contribution in [1.29, 1.82) is 0 Å². The molecule has 0 unspecified atom stereocenters. The monoisotopic (exact) mass is 511 g/mol. The van der Waals surface area contributed by atoms with E-state index in [1.807, 2.05) is 50.2 Å². The van der Waals surface area contributed by atoms with Crippen LogP contribution in [0.25, 0.3) is 5.69 Å². The van der Waals surface area contributed by atoms with Crippen LogP contribution in [0.2, 0.25) is 5.02 Å². The number of carbonyl (C=O) groups is 1. The molecule has 1 aliphatic heterocycles. The van der Waals surface area contributed by atoms with Crippen molar-refractivity contribution in [2.24, 2.45) is 0 Å². The van der Waals surface area contributed by atoms with Crippen molar-refractivity contribution < 1.29 is 4.79 Å². The fourth-order valence-electron chi connectivity index (χ4n) is 4.70. The molecule has 8 heteroatoms. The molecule has 3 aromatic rings. The van der Waals surface area contributed by atoms with Crippen LogP contribution in [0.15, 0.2) is 57.4 Å². The van der Waals surface area contributed by atoms with Gasteiger partial charge in [0.25, 0.3) is 5.56 Å². The number of thioether (sulfide) groups is 2. The Kier molecular flexibility index (Phi) is 6.78. The van der Waals surface area contributed by atoms with E-state index >= 15 is 0 Å². The predicted molar refractivity (Wildman–Crippen MR) is 141 cm³/mol. The molecule has 34 heavy (non-hydrogen) atoms. The fourth-order valence-corrected chi connectivity index (χ4v) is 7.26. The van der Waals surface area contributed by atoms with Gasteiger partial charge in [0.1, 0.15) is 5.03 Å². The van der Waals surface area contributed by atoms with Gasteiger partial charge in [0.2, 0.25) is 5.91 Å². The number of halogens is 1. The van der Waals surface area contributed by atoms with Crippen LogP contribution in [-0.4, -0.2) is 26.5 Å². The molecule has 1 fully saturated rings. The zero-order valence-corrected chi connectivity index (χ0v) is 21.5. The molecule has 2 aliphatic rings. The Morgan fingerprint density at radius 3 is 2.82 bits per heavy atom. The topological polar surface area (TPSA) is 64.0 Å². The molecule has 176 valence electrons. The van der Waals surface area contributed by atoms with Crippen molar-refractivity contribution in [3.8, 4) is 5.69 Å². The van der Waals surface area contributed by atoms with Crippen LogP contribution >= 0.6 is 35.1 Å². The van der Waals surface area contributed by atoms with E-state index in [0.717, 1.165) is 46.7 Å². The number of rotatable bonds is 5. The number of hydrogen-bond donors (Lipinski definition) is 1. The zero-order chi connectivity index (χ0) is 23.8. The molecule has 2 heterocycles. The van der Waals surface area contributed by atoms with Crippen molar-refractivity contribution in [2.75, 3.05) is 11.1 Å². The highest BCUT2D eigenvalue weighted by molar-refractivity contribution is 8.00. The SMILES string of the molecule is Cc1cccc(-n2c(SCC(=O)Nc3ccc(C)c(Cl)c3)nc3c(c2=O)[C@@H]2CCCC[C@@H]2S3)c1. The molecular weight excluding hydrogens is 486 g/mol. The molecular formula is C26H26ClN3O2S2. The van der Waals surface area contributed by atoms with Crippen LogP contribution in [0, 0.1) is 13.8 Å². The van der Waals surface area contributed by atoms with Gasteiger partial charge in [-0.25, -0.2) is 4.98 Å². The molecule has 1 N–H and O–H groups in total. The Bertz CT molecular complexity index is 1320. The molecule has 1 aliphatic carbocycles. The summed E-state index contributed by atoms with van der Waals surface area (Å²) in [7, 11) is 0. The molecule has 2 aromatic carbocycles. The van der Waals surface area contributed by atoms with Crippen LogP contribution in [-0.2, 0) is 4.79 Å². The third kappa shape index (κ3) is 4.66. The van der Waals surface area contributed by atoms with Crippen molar-refractivity contribution >= 4 is 46.7 Å². The van der Waals surface area contributed by atoms with Crippen molar-refractivity contribution in [2.45, 2.75) is 60.9 Å². The van der Waals surface area contributed by atoms with Gasteiger partial charge >= 0.3 is 0 Å². The normalized spacial score (nSPS) is 18.9.